The summed E-state index contributed by atoms with van der Waals surface area (Å²) in [4.78, 5) is 23.6. The standard InChI is InChI=1S/C11H20N2O5/c1-8-5-13(6-9(2)18-8)11(16)12-3-4-17-7-10(14)15/h8-9H,3-7H2,1-2H3,(H,12,16)(H,14,15)/t8-,9+. The predicted molar refractivity (Wildman–Crippen MR) is 63.4 cm³/mol. The summed E-state index contributed by atoms with van der Waals surface area (Å²) in [5.74, 6) is -1.02. The SMILES string of the molecule is C[C@@H]1CN(C(=O)NCCOCC(=O)O)C[C@H](C)O1. The second-order valence-corrected chi connectivity index (χ2v) is 4.34. The maximum atomic E-state index is 11.8. The molecule has 1 rings (SSSR count). The van der Waals surface area contributed by atoms with Gasteiger partial charge in [0.15, 0.2) is 0 Å². The minimum Gasteiger partial charge on any atom is -0.480 e. The Morgan fingerprint density at radius 2 is 2.00 bits per heavy atom. The molecule has 2 amide bonds. The Hall–Kier alpha value is -1.34. The van der Waals surface area contributed by atoms with E-state index in [1.165, 1.54) is 0 Å². The molecule has 18 heavy (non-hydrogen) atoms. The molecule has 1 aliphatic rings. The van der Waals surface area contributed by atoms with Gasteiger partial charge >= 0.3 is 12.0 Å². The van der Waals surface area contributed by atoms with Gasteiger partial charge in [0, 0.05) is 19.6 Å². The van der Waals surface area contributed by atoms with Crippen molar-refractivity contribution in [1.29, 1.82) is 0 Å². The molecular weight excluding hydrogens is 240 g/mol. The van der Waals surface area contributed by atoms with Gasteiger partial charge in [-0.05, 0) is 13.8 Å². The fourth-order valence-corrected chi connectivity index (χ4v) is 1.85. The first-order valence-corrected chi connectivity index (χ1v) is 5.96. The third kappa shape index (κ3) is 5.33. The Labute approximate surface area is 106 Å². The lowest BCUT2D eigenvalue weighted by molar-refractivity contribution is -0.142. The first kappa shape index (κ1) is 14.7. The van der Waals surface area contributed by atoms with Gasteiger partial charge in [0.1, 0.15) is 6.61 Å². The number of amides is 2. The highest BCUT2D eigenvalue weighted by Gasteiger charge is 2.25. The molecule has 2 N–H and O–H groups in total. The van der Waals surface area contributed by atoms with Crippen molar-refractivity contribution in [1.82, 2.24) is 10.2 Å². The monoisotopic (exact) mass is 260 g/mol. The molecular formula is C11H20N2O5. The largest absolute Gasteiger partial charge is 0.480 e. The van der Waals surface area contributed by atoms with E-state index in [-0.39, 0.29) is 31.5 Å². The molecule has 7 heteroatoms. The second kappa shape index (κ2) is 7.17. The number of hydrogen-bond acceptors (Lipinski definition) is 4. The zero-order valence-electron chi connectivity index (χ0n) is 10.7. The Morgan fingerprint density at radius 1 is 1.39 bits per heavy atom. The third-order valence-electron chi connectivity index (χ3n) is 2.45. The number of ether oxygens (including phenoxy) is 2. The number of carboxylic acid groups (broad SMARTS) is 1. The Balaban J connectivity index is 2.18. The minimum absolute atomic E-state index is 0.0303. The zero-order chi connectivity index (χ0) is 13.5. The van der Waals surface area contributed by atoms with Crippen LogP contribution < -0.4 is 5.32 Å². The van der Waals surface area contributed by atoms with Crippen LogP contribution in [-0.2, 0) is 14.3 Å². The highest BCUT2D eigenvalue weighted by atomic mass is 16.5. The molecule has 104 valence electrons. The third-order valence-corrected chi connectivity index (χ3v) is 2.45. The van der Waals surface area contributed by atoms with Gasteiger partial charge in [-0.3, -0.25) is 0 Å². The molecule has 0 bridgehead atoms. The topological polar surface area (TPSA) is 88.1 Å². The van der Waals surface area contributed by atoms with Crippen molar-refractivity contribution in [2.45, 2.75) is 26.1 Å². The Bertz CT molecular complexity index is 287. The number of rotatable bonds is 5. The average Bonchev–Trinajstić information content (AvgIpc) is 2.26. The van der Waals surface area contributed by atoms with Crippen molar-refractivity contribution in [3.63, 3.8) is 0 Å². The van der Waals surface area contributed by atoms with Gasteiger partial charge < -0.3 is 24.8 Å². The summed E-state index contributed by atoms with van der Waals surface area (Å²) >= 11 is 0. The summed E-state index contributed by atoms with van der Waals surface area (Å²) in [5.41, 5.74) is 0. The van der Waals surface area contributed by atoms with E-state index in [4.69, 9.17) is 14.6 Å². The van der Waals surface area contributed by atoms with E-state index < -0.39 is 5.97 Å². The maximum Gasteiger partial charge on any atom is 0.329 e. The number of nitrogens with zero attached hydrogens (tertiary/aromatic N) is 1. The molecule has 1 saturated heterocycles. The second-order valence-electron chi connectivity index (χ2n) is 4.34. The van der Waals surface area contributed by atoms with Crippen LogP contribution in [0.2, 0.25) is 0 Å². The molecule has 0 aromatic heterocycles. The van der Waals surface area contributed by atoms with E-state index in [0.717, 1.165) is 0 Å². The van der Waals surface area contributed by atoms with Crippen LogP contribution in [0.15, 0.2) is 0 Å². The van der Waals surface area contributed by atoms with Crippen LogP contribution in [0.25, 0.3) is 0 Å². The molecule has 0 aliphatic carbocycles. The molecule has 2 atom stereocenters. The van der Waals surface area contributed by atoms with Gasteiger partial charge in [-0.2, -0.15) is 0 Å². The summed E-state index contributed by atoms with van der Waals surface area (Å²) in [6.45, 7) is 5.11. The first-order valence-electron chi connectivity index (χ1n) is 5.96. The van der Waals surface area contributed by atoms with Crippen LogP contribution in [-0.4, -0.2) is 67.1 Å². The van der Waals surface area contributed by atoms with Crippen LogP contribution in [0.3, 0.4) is 0 Å². The predicted octanol–water partition coefficient (Wildman–Crippen LogP) is -0.0936. The first-order chi connectivity index (χ1) is 8.49. The van der Waals surface area contributed by atoms with E-state index in [9.17, 15) is 9.59 Å². The number of carbonyl (C=O) groups excluding carboxylic acids is 1. The van der Waals surface area contributed by atoms with Gasteiger partial charge in [0.25, 0.3) is 0 Å². The van der Waals surface area contributed by atoms with E-state index in [2.05, 4.69) is 5.32 Å². The van der Waals surface area contributed by atoms with Gasteiger partial charge in [-0.25, -0.2) is 9.59 Å². The van der Waals surface area contributed by atoms with Crippen molar-refractivity contribution < 1.29 is 24.2 Å². The summed E-state index contributed by atoms with van der Waals surface area (Å²) < 4.78 is 10.3. The van der Waals surface area contributed by atoms with Crippen molar-refractivity contribution in [2.24, 2.45) is 0 Å². The van der Waals surface area contributed by atoms with Crippen LogP contribution in [0.5, 0.6) is 0 Å². The van der Waals surface area contributed by atoms with Gasteiger partial charge in [-0.15, -0.1) is 0 Å². The van der Waals surface area contributed by atoms with Crippen LogP contribution in [0.1, 0.15) is 13.8 Å². The lowest BCUT2D eigenvalue weighted by atomic mass is 10.2. The van der Waals surface area contributed by atoms with E-state index in [1.807, 2.05) is 13.8 Å². The summed E-state index contributed by atoms with van der Waals surface area (Å²) in [5, 5.41) is 11.0. The highest BCUT2D eigenvalue weighted by Crippen LogP contribution is 2.10. The van der Waals surface area contributed by atoms with Gasteiger partial charge in [-0.1, -0.05) is 0 Å². The molecule has 1 fully saturated rings. The Kier molecular flexibility index (Phi) is 5.87. The number of morpholine rings is 1. The Morgan fingerprint density at radius 3 is 2.56 bits per heavy atom. The average molecular weight is 260 g/mol. The lowest BCUT2D eigenvalue weighted by Gasteiger charge is -2.35. The number of nitrogens with one attached hydrogen (secondary N) is 1. The van der Waals surface area contributed by atoms with E-state index in [1.54, 1.807) is 4.90 Å². The lowest BCUT2D eigenvalue weighted by Crippen LogP contribution is -2.52. The van der Waals surface area contributed by atoms with Crippen molar-refractivity contribution in [3.8, 4) is 0 Å². The fourth-order valence-electron chi connectivity index (χ4n) is 1.85. The van der Waals surface area contributed by atoms with Crippen molar-refractivity contribution in [3.05, 3.63) is 0 Å². The zero-order valence-corrected chi connectivity index (χ0v) is 10.7. The highest BCUT2D eigenvalue weighted by molar-refractivity contribution is 5.74. The maximum absolute atomic E-state index is 11.8. The normalized spacial score (nSPS) is 23.8. The van der Waals surface area contributed by atoms with Crippen LogP contribution in [0.4, 0.5) is 4.79 Å². The number of urea groups is 1. The number of hydrogen-bond donors (Lipinski definition) is 2. The molecule has 1 heterocycles. The molecule has 1 aliphatic heterocycles. The summed E-state index contributed by atoms with van der Waals surface area (Å²) in [7, 11) is 0. The minimum atomic E-state index is -1.02. The molecule has 0 unspecified atom stereocenters. The molecule has 0 spiro atoms. The fraction of sp³-hybridized carbons (Fsp3) is 0.818. The van der Waals surface area contributed by atoms with E-state index >= 15 is 0 Å². The molecule has 0 saturated carbocycles. The van der Waals surface area contributed by atoms with Crippen LogP contribution >= 0.6 is 0 Å². The quantitative estimate of drug-likeness (QED) is 0.674. The van der Waals surface area contributed by atoms with Crippen LogP contribution in [0, 0.1) is 0 Å². The summed E-state index contributed by atoms with van der Waals surface area (Å²) in [6.07, 6.45) is 0.0607. The molecule has 7 nitrogen and oxygen atoms in total. The van der Waals surface area contributed by atoms with E-state index in [0.29, 0.717) is 19.6 Å². The number of carboxylic acids is 1. The molecule has 0 aromatic carbocycles. The molecule has 0 radical (unpaired) electrons. The summed E-state index contributed by atoms with van der Waals surface area (Å²) in [6, 6.07) is -0.170. The van der Waals surface area contributed by atoms with Gasteiger partial charge in [0.2, 0.25) is 0 Å². The van der Waals surface area contributed by atoms with Gasteiger partial charge in [0.05, 0.1) is 18.8 Å². The number of aliphatic carboxylic acids is 1. The molecule has 0 aromatic rings. The smallest absolute Gasteiger partial charge is 0.329 e. The number of carbonyl (C=O) groups is 2. The van der Waals surface area contributed by atoms with Crippen molar-refractivity contribution in [2.75, 3.05) is 32.8 Å². The van der Waals surface area contributed by atoms with Crippen molar-refractivity contribution >= 4 is 12.0 Å².